The van der Waals surface area contributed by atoms with Gasteiger partial charge in [-0.3, -0.25) is 24.1 Å². The molecule has 1 rings (SSSR count). The molecule has 0 saturated carbocycles. The summed E-state index contributed by atoms with van der Waals surface area (Å²) in [5.74, 6) is -0.711. The molecule has 1 amide bonds. The summed E-state index contributed by atoms with van der Waals surface area (Å²) in [6.07, 6.45) is 0.229. The number of nitrogens with one attached hydrogen (secondary N) is 1. The van der Waals surface area contributed by atoms with Gasteiger partial charge in [0.1, 0.15) is 0 Å². The summed E-state index contributed by atoms with van der Waals surface area (Å²) in [6, 6.07) is -0.843. The van der Waals surface area contributed by atoms with E-state index in [1.807, 2.05) is 0 Å². The van der Waals surface area contributed by atoms with E-state index in [4.69, 9.17) is 15.8 Å². The van der Waals surface area contributed by atoms with E-state index in [2.05, 4.69) is 0 Å². The molecule has 9 nitrogen and oxygen atoms in total. The van der Waals surface area contributed by atoms with E-state index < -0.39 is 29.8 Å². The summed E-state index contributed by atoms with van der Waals surface area (Å²) in [5, 5.41) is 0. The van der Waals surface area contributed by atoms with Gasteiger partial charge in [0.2, 0.25) is 5.91 Å². The van der Waals surface area contributed by atoms with Gasteiger partial charge in [-0.2, -0.15) is 8.42 Å². The molecular weight excluding hydrogens is 247 g/mol. The molecule has 1 heterocycles. The summed E-state index contributed by atoms with van der Waals surface area (Å²) < 4.78 is 42.7. The number of nitrogens with zero attached hydrogens (tertiary/aromatic N) is 1. The molecule has 0 radical (unpaired) electrons. The van der Waals surface area contributed by atoms with Crippen LogP contribution in [-0.2, 0) is 19.7 Å². The highest BCUT2D eigenvalue weighted by molar-refractivity contribution is 7.90. The van der Waals surface area contributed by atoms with Crippen molar-refractivity contribution in [2.45, 2.75) is 12.5 Å². The maximum Gasteiger partial charge on any atom is 0.341 e. The van der Waals surface area contributed by atoms with Gasteiger partial charge in [-0.15, -0.1) is 4.49 Å². The van der Waals surface area contributed by atoms with Crippen molar-refractivity contribution in [1.29, 1.82) is 0 Å². The number of hydrogen-bond acceptors (Lipinski definition) is 5. The Morgan fingerprint density at radius 3 is 2.47 bits per heavy atom. The van der Waals surface area contributed by atoms with Crippen molar-refractivity contribution in [2.24, 2.45) is 11.2 Å². The fourth-order valence-corrected chi connectivity index (χ4v) is 3.77. The van der Waals surface area contributed by atoms with Crippen LogP contribution < -0.4 is 15.7 Å². The molecule has 6 N–H and O–H groups in total. The average Bonchev–Trinajstić information content (AvgIpc) is 2.27. The molecule has 2 unspecified atom stereocenters. The summed E-state index contributed by atoms with van der Waals surface area (Å²) in [4.78, 5) is 11.3. The van der Waals surface area contributed by atoms with Gasteiger partial charge in [0.15, 0.2) is 0 Å². The molecule has 1 fully saturated rings. The fraction of sp³-hybridized carbons (Fsp3) is 0.750. The highest BCUT2D eigenvalue weighted by Crippen LogP contribution is 2.40. The number of nitrogens with two attached hydrogens (primary N) is 2. The van der Waals surface area contributed by atoms with Gasteiger partial charge in [0.25, 0.3) is 0 Å². The third kappa shape index (κ3) is 2.97. The second kappa shape index (κ2) is 3.81. The molecule has 88 valence electrons. The van der Waals surface area contributed by atoms with Crippen LogP contribution in [-0.4, -0.2) is 36.1 Å². The van der Waals surface area contributed by atoms with Crippen LogP contribution in [0.3, 0.4) is 0 Å². The van der Waals surface area contributed by atoms with Crippen molar-refractivity contribution in [2.75, 3.05) is 6.54 Å². The van der Waals surface area contributed by atoms with E-state index in [0.717, 1.165) is 0 Å². The Kier molecular flexibility index (Phi) is 3.19. The largest absolute Gasteiger partial charge is 0.341 e. The first kappa shape index (κ1) is 12.6. The second-order valence-electron chi connectivity index (χ2n) is 3.05. The summed E-state index contributed by atoms with van der Waals surface area (Å²) in [6.45, 7) is -0.0176. The lowest BCUT2D eigenvalue weighted by Crippen LogP contribution is -2.39. The fourth-order valence-electron chi connectivity index (χ4n) is 1.20. The van der Waals surface area contributed by atoms with Gasteiger partial charge >= 0.3 is 17.9 Å². The third-order valence-corrected chi connectivity index (χ3v) is 4.91. The van der Waals surface area contributed by atoms with Gasteiger partial charge < -0.3 is 5.73 Å². The Morgan fingerprint density at radius 1 is 1.60 bits per heavy atom. The van der Waals surface area contributed by atoms with E-state index in [0.29, 0.717) is 4.67 Å². The molecule has 1 aliphatic rings. The Labute approximate surface area is 86.2 Å². The molecule has 11 heteroatoms. The minimum absolute atomic E-state index is 0.0176. The number of amides is 1. The van der Waals surface area contributed by atoms with Gasteiger partial charge in [-0.1, -0.05) is 0 Å². The Bertz CT molecular complexity index is 421. The topological polar surface area (TPSA) is 156 Å². The third-order valence-electron chi connectivity index (χ3n) is 1.83. The first-order chi connectivity index (χ1) is 6.63. The Hall–Kier alpha value is -0.510. The van der Waals surface area contributed by atoms with Crippen LogP contribution in [0.5, 0.6) is 0 Å². The van der Waals surface area contributed by atoms with Crippen molar-refractivity contribution in [3.8, 4) is 0 Å². The SMILES string of the molecule is NC1CCN(P(N)(=O)NS(=O)(=O)O)C1=O. The molecule has 0 spiro atoms. The lowest BCUT2D eigenvalue weighted by atomic mass is 10.3. The number of hydrogen-bond donors (Lipinski definition) is 4. The van der Waals surface area contributed by atoms with Crippen LogP contribution in [0.2, 0.25) is 0 Å². The zero-order valence-corrected chi connectivity index (χ0v) is 9.24. The lowest BCUT2D eigenvalue weighted by molar-refractivity contribution is -0.124. The minimum Gasteiger partial charge on any atom is -0.320 e. The standard InChI is InChI=1S/C4H11N4O5PS/c5-3-1-2-8(4(3)9)14(6,10)7-15(11,12)13/h3H,1-2,5H2,(H3,6,7,10)(H,11,12,13). The van der Waals surface area contributed by atoms with E-state index >= 15 is 0 Å². The van der Waals surface area contributed by atoms with E-state index in [1.165, 1.54) is 4.49 Å². The first-order valence-corrected chi connectivity index (χ1v) is 7.03. The zero-order chi connectivity index (χ0) is 11.9. The molecule has 0 aromatic heterocycles. The number of rotatable bonds is 3. The van der Waals surface area contributed by atoms with Crippen LogP contribution in [0.25, 0.3) is 0 Å². The normalized spacial score (nSPS) is 26.7. The maximum absolute atomic E-state index is 11.6. The summed E-state index contributed by atoms with van der Waals surface area (Å²) in [7, 11) is -8.87. The zero-order valence-electron chi connectivity index (χ0n) is 7.53. The van der Waals surface area contributed by atoms with Crippen LogP contribution >= 0.6 is 7.59 Å². The number of carbonyl (C=O) groups is 1. The van der Waals surface area contributed by atoms with Crippen LogP contribution in [0, 0.1) is 0 Å². The molecule has 1 aliphatic heterocycles. The number of carbonyl (C=O) groups excluding carboxylic acids is 1. The van der Waals surface area contributed by atoms with Crippen LogP contribution in [0.15, 0.2) is 0 Å². The smallest absolute Gasteiger partial charge is 0.320 e. The van der Waals surface area contributed by atoms with Crippen molar-refractivity contribution in [3.63, 3.8) is 0 Å². The minimum atomic E-state index is -4.73. The predicted molar refractivity (Wildman–Crippen MR) is 50.8 cm³/mol. The Morgan fingerprint density at radius 2 is 2.13 bits per heavy atom. The highest BCUT2D eigenvalue weighted by Gasteiger charge is 2.40. The van der Waals surface area contributed by atoms with Gasteiger partial charge in [-0.05, 0) is 6.42 Å². The molecule has 0 bridgehead atoms. The summed E-state index contributed by atoms with van der Waals surface area (Å²) in [5.41, 5.74) is 10.4. The first-order valence-electron chi connectivity index (χ1n) is 3.86. The van der Waals surface area contributed by atoms with Gasteiger partial charge in [0, 0.05) is 6.54 Å². The quantitative estimate of drug-likeness (QED) is 0.337. The van der Waals surface area contributed by atoms with Gasteiger partial charge in [-0.25, -0.2) is 0 Å². The molecule has 0 aromatic rings. The van der Waals surface area contributed by atoms with Crippen molar-refractivity contribution in [3.05, 3.63) is 0 Å². The van der Waals surface area contributed by atoms with Crippen molar-refractivity contribution in [1.82, 2.24) is 9.16 Å². The van der Waals surface area contributed by atoms with Gasteiger partial charge in [0.05, 0.1) is 6.04 Å². The lowest BCUT2D eigenvalue weighted by Gasteiger charge is -2.22. The van der Waals surface area contributed by atoms with E-state index in [-0.39, 0.29) is 13.0 Å². The molecular formula is C4H11N4O5PS. The monoisotopic (exact) mass is 258 g/mol. The van der Waals surface area contributed by atoms with E-state index in [1.54, 1.807) is 0 Å². The van der Waals surface area contributed by atoms with Crippen LogP contribution in [0.4, 0.5) is 0 Å². The highest BCUT2D eigenvalue weighted by atomic mass is 32.2. The molecule has 0 aliphatic carbocycles. The Balaban J connectivity index is 2.88. The predicted octanol–water partition coefficient (Wildman–Crippen LogP) is -1.99. The maximum atomic E-state index is 11.6. The molecule has 15 heavy (non-hydrogen) atoms. The molecule has 2 atom stereocenters. The molecule has 1 saturated heterocycles. The van der Waals surface area contributed by atoms with Crippen LogP contribution in [0.1, 0.15) is 6.42 Å². The van der Waals surface area contributed by atoms with Crippen molar-refractivity contribution < 1.29 is 22.3 Å². The summed E-state index contributed by atoms with van der Waals surface area (Å²) >= 11 is 0. The molecule has 0 aromatic carbocycles. The van der Waals surface area contributed by atoms with E-state index in [9.17, 15) is 17.8 Å². The van der Waals surface area contributed by atoms with Crippen molar-refractivity contribution >= 4 is 23.8 Å². The average molecular weight is 258 g/mol. The second-order valence-corrected chi connectivity index (χ2v) is 6.45.